The summed E-state index contributed by atoms with van der Waals surface area (Å²) < 4.78 is 10.6. The van der Waals surface area contributed by atoms with Crippen molar-refractivity contribution in [3.8, 4) is 11.8 Å². The number of carbonyl (C=O) groups is 1. The first-order valence-corrected chi connectivity index (χ1v) is 9.08. The van der Waals surface area contributed by atoms with Gasteiger partial charge in [0.15, 0.2) is 5.11 Å². The number of methoxy groups -OCH3 is 1. The number of rotatable bonds is 8. The third-order valence-electron chi connectivity index (χ3n) is 3.68. The first-order valence-electron chi connectivity index (χ1n) is 8.67. The first-order chi connectivity index (χ1) is 13.6. The molecule has 0 aliphatic carbocycles. The van der Waals surface area contributed by atoms with E-state index in [1.165, 1.54) is 0 Å². The number of amides is 1. The average molecular weight is 398 g/mol. The molecular formula is C20H22N4O3S. The average Bonchev–Trinajstić information content (AvgIpc) is 2.74. The molecule has 0 aliphatic heterocycles. The van der Waals surface area contributed by atoms with Gasteiger partial charge in [0.25, 0.3) is 5.91 Å². The first kappa shape index (κ1) is 21.2. The molecule has 0 fully saturated rings. The summed E-state index contributed by atoms with van der Waals surface area (Å²) >= 11 is 5.09. The Balaban J connectivity index is 1.81. The summed E-state index contributed by atoms with van der Waals surface area (Å²) in [4.78, 5) is 12.3. The van der Waals surface area contributed by atoms with Crippen LogP contribution in [-0.4, -0.2) is 31.3 Å². The van der Waals surface area contributed by atoms with Gasteiger partial charge in [0.05, 0.1) is 11.6 Å². The van der Waals surface area contributed by atoms with Gasteiger partial charge in [-0.2, -0.15) is 5.26 Å². The number of carbonyl (C=O) groups excluding carboxylic acids is 1. The third kappa shape index (κ3) is 7.23. The normalized spacial score (nSPS) is 9.86. The number of nitrogens with zero attached hydrogens (tertiary/aromatic N) is 1. The predicted molar refractivity (Wildman–Crippen MR) is 110 cm³/mol. The molecule has 0 spiro atoms. The van der Waals surface area contributed by atoms with Crippen LogP contribution in [0, 0.1) is 11.3 Å². The molecule has 28 heavy (non-hydrogen) atoms. The van der Waals surface area contributed by atoms with Crippen molar-refractivity contribution in [3.05, 3.63) is 65.2 Å². The van der Waals surface area contributed by atoms with Crippen molar-refractivity contribution in [2.24, 2.45) is 0 Å². The highest BCUT2D eigenvalue weighted by atomic mass is 32.1. The van der Waals surface area contributed by atoms with Crippen molar-refractivity contribution in [3.63, 3.8) is 0 Å². The fourth-order valence-corrected chi connectivity index (χ4v) is 2.40. The second kappa shape index (κ2) is 11.5. The number of ether oxygens (including phenoxy) is 2. The Morgan fingerprint density at radius 3 is 2.68 bits per heavy atom. The molecule has 2 rings (SSSR count). The summed E-state index contributed by atoms with van der Waals surface area (Å²) in [6, 6.07) is 16.0. The van der Waals surface area contributed by atoms with Gasteiger partial charge in [0.1, 0.15) is 12.4 Å². The van der Waals surface area contributed by atoms with Crippen LogP contribution in [-0.2, 0) is 11.3 Å². The molecule has 0 aromatic heterocycles. The lowest BCUT2D eigenvalue weighted by Gasteiger charge is -2.12. The second-order valence-electron chi connectivity index (χ2n) is 5.81. The summed E-state index contributed by atoms with van der Waals surface area (Å²) in [5.74, 6) is 0.349. The molecule has 7 nitrogen and oxygen atoms in total. The van der Waals surface area contributed by atoms with Crippen LogP contribution in [0.4, 0.5) is 0 Å². The maximum absolute atomic E-state index is 12.3. The molecule has 2 aromatic carbocycles. The van der Waals surface area contributed by atoms with Crippen LogP contribution in [0.3, 0.4) is 0 Å². The zero-order valence-corrected chi connectivity index (χ0v) is 16.3. The Labute approximate surface area is 169 Å². The van der Waals surface area contributed by atoms with Crippen LogP contribution in [0.15, 0.2) is 48.5 Å². The van der Waals surface area contributed by atoms with E-state index in [0.717, 1.165) is 12.0 Å². The van der Waals surface area contributed by atoms with E-state index in [-0.39, 0.29) is 5.91 Å². The molecule has 0 saturated heterocycles. The standard InChI is InChI=1S/C20H22N4O3S/c1-26-11-3-10-22-20(28)24-23-19(25)17-5-2-4-16(12-17)14-27-18-8-6-15(13-21)7-9-18/h2,4-9,12H,3,10-11,14H2,1H3,(H,23,25)(H2,22,24,28). The fraction of sp³-hybridized carbons (Fsp3) is 0.250. The molecule has 0 unspecified atom stereocenters. The Morgan fingerprint density at radius 2 is 1.96 bits per heavy atom. The minimum atomic E-state index is -0.304. The second-order valence-corrected chi connectivity index (χ2v) is 6.21. The van der Waals surface area contributed by atoms with E-state index in [2.05, 4.69) is 22.2 Å². The van der Waals surface area contributed by atoms with E-state index in [1.807, 2.05) is 6.07 Å². The maximum atomic E-state index is 12.3. The van der Waals surface area contributed by atoms with Gasteiger partial charge in [0, 0.05) is 25.8 Å². The molecule has 2 aromatic rings. The Morgan fingerprint density at radius 1 is 1.18 bits per heavy atom. The van der Waals surface area contributed by atoms with Crippen molar-refractivity contribution >= 4 is 23.2 Å². The zero-order chi connectivity index (χ0) is 20.2. The Hall–Kier alpha value is -3.15. The lowest BCUT2D eigenvalue weighted by atomic mass is 10.1. The maximum Gasteiger partial charge on any atom is 0.269 e. The van der Waals surface area contributed by atoms with E-state index in [4.69, 9.17) is 27.0 Å². The van der Waals surface area contributed by atoms with Crippen molar-refractivity contribution in [2.75, 3.05) is 20.3 Å². The van der Waals surface area contributed by atoms with Crippen LogP contribution >= 0.6 is 12.2 Å². The molecule has 0 radical (unpaired) electrons. The molecule has 0 bridgehead atoms. The monoisotopic (exact) mass is 398 g/mol. The summed E-state index contributed by atoms with van der Waals surface area (Å²) in [5.41, 5.74) is 7.13. The van der Waals surface area contributed by atoms with E-state index < -0.39 is 0 Å². The SMILES string of the molecule is COCCCNC(=S)NNC(=O)c1cccc(COc2ccc(C#N)cc2)c1. The minimum Gasteiger partial charge on any atom is -0.489 e. The molecule has 0 saturated carbocycles. The summed E-state index contributed by atoms with van der Waals surface area (Å²) in [7, 11) is 1.64. The minimum absolute atomic E-state index is 0.304. The van der Waals surface area contributed by atoms with Gasteiger partial charge in [-0.15, -0.1) is 0 Å². The van der Waals surface area contributed by atoms with Crippen molar-refractivity contribution in [1.82, 2.24) is 16.2 Å². The summed E-state index contributed by atoms with van der Waals surface area (Å²) in [5, 5.41) is 12.1. The molecule has 146 valence electrons. The van der Waals surface area contributed by atoms with E-state index >= 15 is 0 Å². The molecular weight excluding hydrogens is 376 g/mol. The molecule has 0 atom stereocenters. The van der Waals surface area contributed by atoms with Gasteiger partial charge in [-0.05, 0) is 60.6 Å². The van der Waals surface area contributed by atoms with Crippen molar-refractivity contribution in [2.45, 2.75) is 13.0 Å². The van der Waals surface area contributed by atoms with Gasteiger partial charge in [-0.3, -0.25) is 15.6 Å². The highest BCUT2D eigenvalue weighted by Crippen LogP contribution is 2.14. The van der Waals surface area contributed by atoms with Gasteiger partial charge in [-0.25, -0.2) is 0 Å². The van der Waals surface area contributed by atoms with Gasteiger partial charge in [-0.1, -0.05) is 12.1 Å². The lowest BCUT2D eigenvalue weighted by Crippen LogP contribution is -2.47. The Kier molecular flexibility index (Phi) is 8.72. The topological polar surface area (TPSA) is 95.4 Å². The highest BCUT2D eigenvalue weighted by Gasteiger charge is 2.07. The number of hydrogen-bond acceptors (Lipinski definition) is 5. The summed E-state index contributed by atoms with van der Waals surface area (Å²) in [6.07, 6.45) is 0.813. The Bertz CT molecular complexity index is 834. The molecule has 0 heterocycles. The third-order valence-corrected chi connectivity index (χ3v) is 3.92. The van der Waals surface area contributed by atoms with E-state index in [9.17, 15) is 4.79 Å². The highest BCUT2D eigenvalue weighted by molar-refractivity contribution is 7.80. The number of benzene rings is 2. The lowest BCUT2D eigenvalue weighted by molar-refractivity contribution is 0.0943. The number of hydrogen-bond donors (Lipinski definition) is 3. The smallest absolute Gasteiger partial charge is 0.269 e. The fourth-order valence-electron chi connectivity index (χ4n) is 2.24. The molecule has 0 aliphatic rings. The molecule has 3 N–H and O–H groups in total. The van der Waals surface area contributed by atoms with Crippen LogP contribution < -0.4 is 20.9 Å². The van der Waals surface area contributed by atoms with Gasteiger partial charge < -0.3 is 14.8 Å². The van der Waals surface area contributed by atoms with Crippen LogP contribution in [0.25, 0.3) is 0 Å². The number of hydrazine groups is 1. The van der Waals surface area contributed by atoms with Crippen LogP contribution in [0.5, 0.6) is 5.75 Å². The zero-order valence-electron chi connectivity index (χ0n) is 15.5. The number of nitriles is 1. The van der Waals surface area contributed by atoms with Crippen molar-refractivity contribution in [1.29, 1.82) is 5.26 Å². The van der Waals surface area contributed by atoms with Crippen LogP contribution in [0.2, 0.25) is 0 Å². The van der Waals surface area contributed by atoms with Gasteiger partial charge in [0.2, 0.25) is 0 Å². The van der Waals surface area contributed by atoms with E-state index in [1.54, 1.807) is 49.6 Å². The summed E-state index contributed by atoms with van der Waals surface area (Å²) in [6.45, 7) is 1.59. The van der Waals surface area contributed by atoms with E-state index in [0.29, 0.717) is 41.7 Å². The number of nitrogens with one attached hydrogen (secondary N) is 3. The number of thiocarbonyl (C=S) groups is 1. The molecule has 1 amide bonds. The molecule has 8 heteroatoms. The van der Waals surface area contributed by atoms with Crippen LogP contribution in [0.1, 0.15) is 27.9 Å². The van der Waals surface area contributed by atoms with Gasteiger partial charge >= 0.3 is 0 Å². The predicted octanol–water partition coefficient (Wildman–Crippen LogP) is 2.28. The quantitative estimate of drug-likeness (QED) is 0.357. The largest absolute Gasteiger partial charge is 0.489 e. The van der Waals surface area contributed by atoms with Crippen molar-refractivity contribution < 1.29 is 14.3 Å².